The van der Waals surface area contributed by atoms with Gasteiger partial charge in [0.2, 0.25) is 0 Å². The Kier molecular flexibility index (Phi) is 5.24. The molecular formula is C20H22BrNO2. The normalized spacial score (nSPS) is 15.9. The third-order valence-corrected chi connectivity index (χ3v) is 5.66. The SMILES string of the molecule is COc1ccc(C2(CNC(=O)c3ccccc3Br)CCCC2)cc1. The highest BCUT2D eigenvalue weighted by atomic mass is 79.9. The number of halogens is 1. The predicted molar refractivity (Wildman–Crippen MR) is 99.6 cm³/mol. The number of nitrogens with one attached hydrogen (secondary N) is 1. The van der Waals surface area contributed by atoms with E-state index in [9.17, 15) is 4.79 Å². The first-order chi connectivity index (χ1) is 11.6. The molecule has 0 bridgehead atoms. The fourth-order valence-corrected chi connectivity index (χ4v) is 4.02. The lowest BCUT2D eigenvalue weighted by Crippen LogP contribution is -2.39. The number of hydrogen-bond donors (Lipinski definition) is 1. The average Bonchev–Trinajstić information content (AvgIpc) is 3.10. The van der Waals surface area contributed by atoms with Gasteiger partial charge in [-0.05, 0) is 58.6 Å². The molecule has 1 aliphatic rings. The van der Waals surface area contributed by atoms with Crippen LogP contribution in [-0.2, 0) is 5.41 Å². The van der Waals surface area contributed by atoms with Crippen LogP contribution in [-0.4, -0.2) is 19.6 Å². The van der Waals surface area contributed by atoms with E-state index in [0.29, 0.717) is 12.1 Å². The molecule has 1 fully saturated rings. The van der Waals surface area contributed by atoms with E-state index in [1.165, 1.54) is 18.4 Å². The molecule has 3 rings (SSSR count). The minimum atomic E-state index is -0.0257. The van der Waals surface area contributed by atoms with Gasteiger partial charge >= 0.3 is 0 Å². The molecule has 0 heterocycles. The number of hydrogen-bond acceptors (Lipinski definition) is 2. The fraction of sp³-hybridized carbons (Fsp3) is 0.350. The molecule has 2 aromatic rings. The first kappa shape index (κ1) is 17.0. The lowest BCUT2D eigenvalue weighted by molar-refractivity contribution is 0.0942. The van der Waals surface area contributed by atoms with Crippen molar-refractivity contribution in [3.05, 3.63) is 64.1 Å². The first-order valence-corrected chi connectivity index (χ1v) is 9.11. The molecule has 24 heavy (non-hydrogen) atoms. The monoisotopic (exact) mass is 387 g/mol. The minimum absolute atomic E-state index is 0.0257. The maximum absolute atomic E-state index is 12.5. The van der Waals surface area contributed by atoms with Gasteiger partial charge in [-0.25, -0.2) is 0 Å². The van der Waals surface area contributed by atoms with Crippen molar-refractivity contribution >= 4 is 21.8 Å². The molecule has 0 radical (unpaired) electrons. The summed E-state index contributed by atoms with van der Waals surface area (Å²) in [6, 6.07) is 15.8. The molecule has 126 valence electrons. The van der Waals surface area contributed by atoms with Crippen molar-refractivity contribution < 1.29 is 9.53 Å². The lowest BCUT2D eigenvalue weighted by atomic mass is 9.78. The maximum Gasteiger partial charge on any atom is 0.252 e. The molecular weight excluding hydrogens is 366 g/mol. The van der Waals surface area contributed by atoms with Crippen molar-refractivity contribution in [2.45, 2.75) is 31.1 Å². The summed E-state index contributed by atoms with van der Waals surface area (Å²) in [5.41, 5.74) is 2.00. The minimum Gasteiger partial charge on any atom is -0.497 e. The van der Waals surface area contributed by atoms with Gasteiger partial charge in [0, 0.05) is 16.4 Å². The van der Waals surface area contributed by atoms with Crippen LogP contribution in [0, 0.1) is 0 Å². The zero-order valence-corrected chi connectivity index (χ0v) is 15.4. The van der Waals surface area contributed by atoms with Crippen molar-refractivity contribution in [2.75, 3.05) is 13.7 Å². The van der Waals surface area contributed by atoms with Crippen LogP contribution in [0.4, 0.5) is 0 Å². The topological polar surface area (TPSA) is 38.3 Å². The van der Waals surface area contributed by atoms with Crippen LogP contribution in [0.25, 0.3) is 0 Å². The van der Waals surface area contributed by atoms with Crippen molar-refractivity contribution in [3.63, 3.8) is 0 Å². The van der Waals surface area contributed by atoms with Crippen molar-refractivity contribution in [1.29, 1.82) is 0 Å². The van der Waals surface area contributed by atoms with Crippen LogP contribution in [0.15, 0.2) is 53.0 Å². The summed E-state index contributed by atoms with van der Waals surface area (Å²) in [7, 11) is 1.68. The molecule has 0 unspecified atom stereocenters. The molecule has 0 spiro atoms. The summed E-state index contributed by atoms with van der Waals surface area (Å²) >= 11 is 3.45. The van der Waals surface area contributed by atoms with Crippen LogP contribution in [0.2, 0.25) is 0 Å². The molecule has 1 aliphatic carbocycles. The molecule has 1 N–H and O–H groups in total. The van der Waals surface area contributed by atoms with Gasteiger partial charge in [0.1, 0.15) is 5.75 Å². The van der Waals surface area contributed by atoms with Crippen LogP contribution >= 0.6 is 15.9 Å². The van der Waals surface area contributed by atoms with Crippen molar-refractivity contribution in [1.82, 2.24) is 5.32 Å². The maximum atomic E-state index is 12.5. The Labute approximate surface area is 151 Å². The van der Waals surface area contributed by atoms with Crippen LogP contribution in [0.1, 0.15) is 41.6 Å². The molecule has 0 aromatic heterocycles. The summed E-state index contributed by atoms with van der Waals surface area (Å²) in [6.45, 7) is 0.666. The standard InChI is InChI=1S/C20H22BrNO2/c1-24-16-10-8-15(9-11-16)20(12-4-5-13-20)14-22-19(23)17-6-2-3-7-18(17)21/h2-3,6-11H,4-5,12-14H2,1H3,(H,22,23). The lowest BCUT2D eigenvalue weighted by Gasteiger charge is -2.30. The van der Waals surface area contributed by atoms with Gasteiger partial charge in [-0.1, -0.05) is 37.1 Å². The van der Waals surface area contributed by atoms with E-state index in [4.69, 9.17) is 4.74 Å². The summed E-state index contributed by atoms with van der Waals surface area (Å²) in [4.78, 5) is 12.5. The zero-order valence-electron chi connectivity index (χ0n) is 13.8. The molecule has 1 amide bonds. The number of carbonyl (C=O) groups is 1. The molecule has 3 nitrogen and oxygen atoms in total. The van der Waals surface area contributed by atoms with Gasteiger partial charge in [-0.2, -0.15) is 0 Å². The van der Waals surface area contributed by atoms with E-state index in [0.717, 1.165) is 23.1 Å². The van der Waals surface area contributed by atoms with Gasteiger partial charge in [0.15, 0.2) is 0 Å². The third-order valence-electron chi connectivity index (χ3n) is 4.97. The van der Waals surface area contributed by atoms with Crippen molar-refractivity contribution in [2.24, 2.45) is 0 Å². The Bertz CT molecular complexity index is 706. The highest BCUT2D eigenvalue weighted by Crippen LogP contribution is 2.41. The zero-order chi connectivity index (χ0) is 17.0. The van der Waals surface area contributed by atoms with E-state index < -0.39 is 0 Å². The molecule has 4 heteroatoms. The Balaban J connectivity index is 1.76. The number of rotatable bonds is 5. The number of ether oxygens (including phenoxy) is 1. The molecule has 1 saturated carbocycles. The molecule has 0 saturated heterocycles. The summed E-state index contributed by atoms with van der Waals surface area (Å²) in [6.07, 6.45) is 4.62. The Morgan fingerprint density at radius 3 is 2.42 bits per heavy atom. The highest BCUT2D eigenvalue weighted by Gasteiger charge is 2.36. The first-order valence-electron chi connectivity index (χ1n) is 8.32. The molecule has 0 aliphatic heterocycles. The second kappa shape index (κ2) is 7.39. The van der Waals surface area contributed by atoms with Gasteiger partial charge < -0.3 is 10.1 Å². The number of amides is 1. The summed E-state index contributed by atoms with van der Waals surface area (Å²) in [5, 5.41) is 3.15. The highest BCUT2D eigenvalue weighted by molar-refractivity contribution is 9.10. The van der Waals surface area contributed by atoms with Crippen LogP contribution < -0.4 is 10.1 Å². The number of benzene rings is 2. The Hall–Kier alpha value is -1.81. The fourth-order valence-electron chi connectivity index (χ4n) is 3.55. The third kappa shape index (κ3) is 3.48. The van der Waals surface area contributed by atoms with Crippen LogP contribution in [0.5, 0.6) is 5.75 Å². The molecule has 2 aromatic carbocycles. The predicted octanol–water partition coefficient (Wildman–Crippen LogP) is 4.70. The summed E-state index contributed by atoms with van der Waals surface area (Å²) < 4.78 is 6.09. The van der Waals surface area contributed by atoms with Gasteiger partial charge in [-0.15, -0.1) is 0 Å². The van der Waals surface area contributed by atoms with E-state index in [1.807, 2.05) is 36.4 Å². The summed E-state index contributed by atoms with van der Waals surface area (Å²) in [5.74, 6) is 0.839. The quantitative estimate of drug-likeness (QED) is 0.807. The number of carbonyl (C=O) groups excluding carboxylic acids is 1. The van der Waals surface area contributed by atoms with Gasteiger partial charge in [0.05, 0.1) is 12.7 Å². The second-order valence-corrected chi connectivity index (χ2v) is 7.23. The van der Waals surface area contributed by atoms with E-state index in [2.05, 4.69) is 33.4 Å². The largest absolute Gasteiger partial charge is 0.497 e. The van der Waals surface area contributed by atoms with Crippen LogP contribution in [0.3, 0.4) is 0 Å². The molecule has 0 atom stereocenters. The van der Waals surface area contributed by atoms with Gasteiger partial charge in [-0.3, -0.25) is 4.79 Å². The second-order valence-electron chi connectivity index (χ2n) is 6.38. The Morgan fingerprint density at radius 2 is 1.79 bits per heavy atom. The van der Waals surface area contributed by atoms with E-state index >= 15 is 0 Å². The van der Waals surface area contributed by atoms with Crippen molar-refractivity contribution in [3.8, 4) is 5.75 Å². The smallest absolute Gasteiger partial charge is 0.252 e. The average molecular weight is 388 g/mol. The number of methoxy groups -OCH3 is 1. The Morgan fingerprint density at radius 1 is 1.12 bits per heavy atom. The van der Waals surface area contributed by atoms with E-state index in [-0.39, 0.29) is 11.3 Å². The van der Waals surface area contributed by atoms with E-state index in [1.54, 1.807) is 7.11 Å². The van der Waals surface area contributed by atoms with Gasteiger partial charge in [0.25, 0.3) is 5.91 Å².